The molecule has 0 saturated heterocycles. The van der Waals surface area contributed by atoms with Gasteiger partial charge in [0.25, 0.3) is 0 Å². The highest BCUT2D eigenvalue weighted by Crippen LogP contribution is 2.29. The Morgan fingerprint density at radius 1 is 1.00 bits per heavy atom. The van der Waals surface area contributed by atoms with Crippen molar-refractivity contribution in [2.45, 2.75) is 5.16 Å². The third-order valence-corrected chi connectivity index (χ3v) is 5.41. The molecule has 7 nitrogen and oxygen atoms in total. The van der Waals surface area contributed by atoms with Gasteiger partial charge in [-0.3, -0.25) is 9.36 Å². The second-order valence-corrected chi connectivity index (χ2v) is 7.53. The van der Waals surface area contributed by atoms with E-state index < -0.39 is 0 Å². The Bertz CT molecular complexity index is 1160. The van der Waals surface area contributed by atoms with Crippen molar-refractivity contribution in [3.8, 4) is 28.6 Å². The van der Waals surface area contributed by atoms with Crippen LogP contribution in [-0.4, -0.2) is 38.6 Å². The summed E-state index contributed by atoms with van der Waals surface area (Å²) in [6.45, 7) is 0. The molecule has 1 aromatic heterocycles. The molecule has 0 aliphatic rings. The van der Waals surface area contributed by atoms with Gasteiger partial charge in [-0.1, -0.05) is 30.0 Å². The fraction of sp³-hybridized carbons (Fsp3) is 0.0870. The third-order valence-electron chi connectivity index (χ3n) is 4.48. The average Bonchev–Trinajstić information content (AvgIpc) is 3.23. The summed E-state index contributed by atoms with van der Waals surface area (Å²) in [6.07, 6.45) is 0. The number of aromatic hydroxyl groups is 1. The third kappa shape index (κ3) is 4.87. The maximum atomic E-state index is 12.5. The highest BCUT2D eigenvalue weighted by Gasteiger charge is 2.17. The normalized spacial score (nSPS) is 10.6. The molecule has 0 bridgehead atoms. The molecule has 31 heavy (non-hydrogen) atoms. The SMILES string of the molecule is COc1ccc(NC(=O)CSc2nnc(-c3ccc(O)cc3)n2-c2ccccc2)cc1. The number of phenolic OH excluding ortho intramolecular Hbond substituents is 1. The standard InChI is InChI=1S/C23H20N4O3S/c1-30-20-13-9-17(10-14-20)24-21(29)15-31-23-26-25-22(16-7-11-19(28)12-8-16)27(23)18-5-3-2-4-6-18/h2-14,28H,15H2,1H3,(H,24,29). The zero-order valence-electron chi connectivity index (χ0n) is 16.7. The van der Waals surface area contributed by atoms with Gasteiger partial charge in [0.05, 0.1) is 12.9 Å². The maximum Gasteiger partial charge on any atom is 0.234 e. The minimum Gasteiger partial charge on any atom is -0.508 e. The Labute approximate surface area is 183 Å². The Kier molecular flexibility index (Phi) is 6.18. The van der Waals surface area contributed by atoms with Gasteiger partial charge in [0.15, 0.2) is 11.0 Å². The Hall–Kier alpha value is -3.78. The van der Waals surface area contributed by atoms with E-state index >= 15 is 0 Å². The second-order valence-electron chi connectivity index (χ2n) is 6.59. The molecule has 0 radical (unpaired) electrons. The maximum absolute atomic E-state index is 12.5. The number of thioether (sulfide) groups is 1. The number of carbonyl (C=O) groups is 1. The number of hydrogen-bond donors (Lipinski definition) is 2. The number of benzene rings is 3. The van der Waals surface area contributed by atoms with E-state index in [-0.39, 0.29) is 17.4 Å². The van der Waals surface area contributed by atoms with Crippen LogP contribution in [0.5, 0.6) is 11.5 Å². The quantitative estimate of drug-likeness (QED) is 0.421. The van der Waals surface area contributed by atoms with Crippen LogP contribution in [0.3, 0.4) is 0 Å². The van der Waals surface area contributed by atoms with Crippen molar-refractivity contribution in [3.05, 3.63) is 78.9 Å². The minimum absolute atomic E-state index is 0.149. The summed E-state index contributed by atoms with van der Waals surface area (Å²) in [7, 11) is 1.60. The fourth-order valence-corrected chi connectivity index (χ4v) is 3.72. The van der Waals surface area contributed by atoms with Gasteiger partial charge in [-0.15, -0.1) is 10.2 Å². The lowest BCUT2D eigenvalue weighted by Crippen LogP contribution is -2.14. The molecule has 0 unspecified atom stereocenters. The summed E-state index contributed by atoms with van der Waals surface area (Å²) in [5.41, 5.74) is 2.39. The van der Waals surface area contributed by atoms with Gasteiger partial charge in [-0.05, 0) is 60.7 Å². The molecule has 0 atom stereocenters. The van der Waals surface area contributed by atoms with Crippen molar-refractivity contribution >= 4 is 23.4 Å². The number of hydrogen-bond acceptors (Lipinski definition) is 6. The molecule has 0 saturated carbocycles. The Morgan fingerprint density at radius 3 is 2.39 bits per heavy atom. The Morgan fingerprint density at radius 2 is 1.71 bits per heavy atom. The predicted molar refractivity (Wildman–Crippen MR) is 121 cm³/mol. The molecule has 8 heteroatoms. The van der Waals surface area contributed by atoms with E-state index in [1.54, 1.807) is 55.6 Å². The largest absolute Gasteiger partial charge is 0.508 e. The lowest BCUT2D eigenvalue weighted by atomic mass is 10.2. The molecule has 2 N–H and O–H groups in total. The van der Waals surface area contributed by atoms with Gasteiger partial charge in [0, 0.05) is 16.9 Å². The van der Waals surface area contributed by atoms with Crippen molar-refractivity contribution in [1.29, 1.82) is 0 Å². The van der Waals surface area contributed by atoms with E-state index in [1.165, 1.54) is 11.8 Å². The molecule has 156 valence electrons. The lowest BCUT2D eigenvalue weighted by molar-refractivity contribution is -0.113. The summed E-state index contributed by atoms with van der Waals surface area (Å²) in [5.74, 6) is 1.56. The van der Waals surface area contributed by atoms with Gasteiger partial charge in [0.2, 0.25) is 5.91 Å². The van der Waals surface area contributed by atoms with Crippen LogP contribution in [0, 0.1) is 0 Å². The Balaban J connectivity index is 1.55. The molecule has 4 rings (SSSR count). The van der Waals surface area contributed by atoms with Crippen molar-refractivity contribution < 1.29 is 14.6 Å². The van der Waals surface area contributed by atoms with Crippen LogP contribution in [0.4, 0.5) is 5.69 Å². The van der Waals surface area contributed by atoms with Crippen LogP contribution in [-0.2, 0) is 4.79 Å². The number of rotatable bonds is 7. The topological polar surface area (TPSA) is 89.3 Å². The highest BCUT2D eigenvalue weighted by atomic mass is 32.2. The molecule has 0 spiro atoms. The van der Waals surface area contributed by atoms with Crippen LogP contribution in [0.15, 0.2) is 84.0 Å². The van der Waals surface area contributed by atoms with Gasteiger partial charge in [-0.2, -0.15) is 0 Å². The van der Waals surface area contributed by atoms with Crippen molar-refractivity contribution in [2.24, 2.45) is 0 Å². The second kappa shape index (κ2) is 9.36. The summed E-state index contributed by atoms with van der Waals surface area (Å²) in [5, 5.41) is 21.7. The average molecular weight is 433 g/mol. The molecular formula is C23H20N4O3S. The first-order valence-corrected chi connectivity index (χ1v) is 10.5. The van der Waals surface area contributed by atoms with Crippen LogP contribution in [0.2, 0.25) is 0 Å². The van der Waals surface area contributed by atoms with E-state index in [4.69, 9.17) is 4.74 Å². The number of nitrogens with zero attached hydrogens (tertiary/aromatic N) is 3. The number of ether oxygens (including phenoxy) is 1. The fourth-order valence-electron chi connectivity index (χ4n) is 2.97. The van der Waals surface area contributed by atoms with Gasteiger partial charge in [-0.25, -0.2) is 0 Å². The first-order chi connectivity index (χ1) is 15.1. The molecule has 3 aromatic carbocycles. The summed E-state index contributed by atoms with van der Waals surface area (Å²) in [4.78, 5) is 12.5. The van der Waals surface area contributed by atoms with Crippen LogP contribution in [0.25, 0.3) is 17.1 Å². The van der Waals surface area contributed by atoms with Crippen LogP contribution >= 0.6 is 11.8 Å². The molecule has 0 fully saturated rings. The number of nitrogens with one attached hydrogen (secondary N) is 1. The summed E-state index contributed by atoms with van der Waals surface area (Å²) in [6, 6.07) is 23.6. The van der Waals surface area contributed by atoms with E-state index in [2.05, 4.69) is 15.5 Å². The van der Waals surface area contributed by atoms with E-state index in [9.17, 15) is 9.90 Å². The van der Waals surface area contributed by atoms with Crippen LogP contribution < -0.4 is 10.1 Å². The summed E-state index contributed by atoms with van der Waals surface area (Å²) < 4.78 is 7.03. The first-order valence-electron chi connectivity index (χ1n) is 9.51. The first kappa shape index (κ1) is 20.5. The summed E-state index contributed by atoms with van der Waals surface area (Å²) >= 11 is 1.30. The smallest absolute Gasteiger partial charge is 0.234 e. The number of carbonyl (C=O) groups excluding carboxylic acids is 1. The molecule has 0 aliphatic heterocycles. The van der Waals surface area contributed by atoms with E-state index in [0.29, 0.717) is 16.7 Å². The van der Waals surface area contributed by atoms with Gasteiger partial charge in [0.1, 0.15) is 11.5 Å². The number of para-hydroxylation sites is 1. The van der Waals surface area contributed by atoms with E-state index in [0.717, 1.165) is 17.0 Å². The number of methoxy groups -OCH3 is 1. The molecule has 1 amide bonds. The van der Waals surface area contributed by atoms with Crippen molar-refractivity contribution in [3.63, 3.8) is 0 Å². The molecule has 1 heterocycles. The zero-order chi connectivity index (χ0) is 21.6. The number of anilines is 1. The number of amides is 1. The number of phenols is 1. The number of aromatic nitrogens is 3. The van der Waals surface area contributed by atoms with Gasteiger partial charge >= 0.3 is 0 Å². The highest BCUT2D eigenvalue weighted by molar-refractivity contribution is 7.99. The van der Waals surface area contributed by atoms with Crippen molar-refractivity contribution in [1.82, 2.24) is 14.8 Å². The molecular weight excluding hydrogens is 412 g/mol. The van der Waals surface area contributed by atoms with Gasteiger partial charge < -0.3 is 15.2 Å². The minimum atomic E-state index is -0.149. The predicted octanol–water partition coefficient (Wildman–Crippen LogP) is 4.38. The zero-order valence-corrected chi connectivity index (χ0v) is 17.5. The van der Waals surface area contributed by atoms with Crippen LogP contribution in [0.1, 0.15) is 0 Å². The van der Waals surface area contributed by atoms with E-state index in [1.807, 2.05) is 34.9 Å². The molecule has 0 aliphatic carbocycles. The molecule has 4 aromatic rings. The lowest BCUT2D eigenvalue weighted by Gasteiger charge is -2.10. The monoisotopic (exact) mass is 432 g/mol. The van der Waals surface area contributed by atoms with Crippen molar-refractivity contribution in [2.75, 3.05) is 18.2 Å².